The molecule has 0 bridgehead atoms. The van der Waals surface area contributed by atoms with E-state index in [1.54, 1.807) is 6.07 Å². The van der Waals surface area contributed by atoms with E-state index >= 15 is 0 Å². The van der Waals surface area contributed by atoms with Gasteiger partial charge in [0.05, 0.1) is 24.5 Å². The SMILES string of the molecule is CNC(c1ccc(F)cn1)C(C)CN(C)C1CCOC1. The number of halogens is 1. The molecule has 3 atom stereocenters. The van der Waals surface area contributed by atoms with E-state index in [2.05, 4.69) is 29.2 Å². The lowest BCUT2D eigenvalue weighted by Crippen LogP contribution is -2.39. The van der Waals surface area contributed by atoms with Crippen LogP contribution in [0.15, 0.2) is 18.3 Å². The van der Waals surface area contributed by atoms with E-state index in [9.17, 15) is 4.39 Å². The van der Waals surface area contributed by atoms with Crippen molar-refractivity contribution in [3.63, 3.8) is 0 Å². The van der Waals surface area contributed by atoms with Crippen molar-refractivity contribution in [3.8, 4) is 0 Å². The molecule has 112 valence electrons. The van der Waals surface area contributed by atoms with Crippen LogP contribution in [0.1, 0.15) is 25.1 Å². The van der Waals surface area contributed by atoms with Crippen molar-refractivity contribution < 1.29 is 9.13 Å². The van der Waals surface area contributed by atoms with Gasteiger partial charge in [0, 0.05) is 19.2 Å². The lowest BCUT2D eigenvalue weighted by Gasteiger charge is -2.30. The van der Waals surface area contributed by atoms with E-state index in [1.165, 1.54) is 12.3 Å². The van der Waals surface area contributed by atoms with E-state index in [0.29, 0.717) is 12.0 Å². The molecule has 4 nitrogen and oxygen atoms in total. The van der Waals surface area contributed by atoms with Gasteiger partial charge < -0.3 is 15.0 Å². The Morgan fingerprint density at radius 1 is 1.55 bits per heavy atom. The number of hydrogen-bond donors (Lipinski definition) is 1. The van der Waals surface area contributed by atoms with Crippen molar-refractivity contribution >= 4 is 0 Å². The number of aromatic nitrogens is 1. The van der Waals surface area contributed by atoms with Gasteiger partial charge in [0.1, 0.15) is 5.82 Å². The Morgan fingerprint density at radius 3 is 2.90 bits per heavy atom. The summed E-state index contributed by atoms with van der Waals surface area (Å²) in [4.78, 5) is 6.55. The lowest BCUT2D eigenvalue weighted by molar-refractivity contribution is 0.145. The molecule has 2 rings (SSSR count). The van der Waals surface area contributed by atoms with Crippen LogP contribution < -0.4 is 5.32 Å². The first kappa shape index (κ1) is 15.4. The highest BCUT2D eigenvalue weighted by Crippen LogP contribution is 2.22. The minimum atomic E-state index is -0.295. The molecule has 0 aliphatic carbocycles. The van der Waals surface area contributed by atoms with Gasteiger partial charge in [0.25, 0.3) is 0 Å². The molecule has 1 aromatic heterocycles. The van der Waals surface area contributed by atoms with Crippen molar-refractivity contribution in [2.45, 2.75) is 25.4 Å². The number of ether oxygens (including phenoxy) is 1. The quantitative estimate of drug-likeness (QED) is 0.863. The fourth-order valence-corrected chi connectivity index (χ4v) is 2.87. The molecule has 20 heavy (non-hydrogen) atoms. The van der Waals surface area contributed by atoms with Crippen LogP contribution in [-0.4, -0.2) is 49.8 Å². The molecular weight excluding hydrogens is 257 g/mol. The summed E-state index contributed by atoms with van der Waals surface area (Å²) >= 11 is 0. The number of rotatable bonds is 6. The van der Waals surface area contributed by atoms with Crippen molar-refractivity contribution in [1.82, 2.24) is 15.2 Å². The molecule has 1 aliphatic rings. The third-order valence-electron chi connectivity index (χ3n) is 4.05. The number of likely N-dealkylation sites (N-methyl/N-ethyl adjacent to an activating group) is 1. The highest BCUT2D eigenvalue weighted by atomic mass is 19.1. The summed E-state index contributed by atoms with van der Waals surface area (Å²) in [5.74, 6) is 0.0834. The van der Waals surface area contributed by atoms with Crippen LogP contribution in [0, 0.1) is 11.7 Å². The van der Waals surface area contributed by atoms with Crippen LogP contribution in [0.4, 0.5) is 4.39 Å². The molecule has 3 unspecified atom stereocenters. The maximum absolute atomic E-state index is 13.0. The first-order valence-electron chi connectivity index (χ1n) is 7.18. The predicted molar refractivity (Wildman–Crippen MR) is 77.0 cm³/mol. The van der Waals surface area contributed by atoms with Crippen LogP contribution in [0.5, 0.6) is 0 Å². The second kappa shape index (κ2) is 7.11. The Labute approximate surface area is 120 Å². The molecule has 0 radical (unpaired) electrons. The van der Waals surface area contributed by atoms with E-state index in [1.807, 2.05) is 7.05 Å². The molecular formula is C15H24FN3O. The van der Waals surface area contributed by atoms with Crippen LogP contribution in [0.3, 0.4) is 0 Å². The van der Waals surface area contributed by atoms with E-state index in [-0.39, 0.29) is 11.9 Å². The maximum Gasteiger partial charge on any atom is 0.141 e. The second-order valence-corrected chi connectivity index (χ2v) is 5.60. The Balaban J connectivity index is 1.97. The predicted octanol–water partition coefficient (Wildman–Crippen LogP) is 1.84. The van der Waals surface area contributed by atoms with Gasteiger partial charge in [-0.05, 0) is 38.6 Å². The van der Waals surface area contributed by atoms with Crippen molar-refractivity contribution in [2.75, 3.05) is 33.9 Å². The minimum Gasteiger partial charge on any atom is -0.380 e. The fraction of sp³-hybridized carbons (Fsp3) is 0.667. The summed E-state index contributed by atoms with van der Waals surface area (Å²) in [6.45, 7) is 4.83. The van der Waals surface area contributed by atoms with E-state index < -0.39 is 0 Å². The zero-order valence-corrected chi connectivity index (χ0v) is 12.5. The first-order chi connectivity index (χ1) is 9.61. The summed E-state index contributed by atoms with van der Waals surface area (Å²) in [6, 6.07) is 3.86. The summed E-state index contributed by atoms with van der Waals surface area (Å²) < 4.78 is 18.4. The number of nitrogens with zero attached hydrogens (tertiary/aromatic N) is 2. The van der Waals surface area contributed by atoms with Gasteiger partial charge in [-0.2, -0.15) is 0 Å². The smallest absolute Gasteiger partial charge is 0.141 e. The average molecular weight is 281 g/mol. The third kappa shape index (κ3) is 3.75. The zero-order chi connectivity index (χ0) is 14.5. The molecule has 0 amide bonds. The minimum absolute atomic E-state index is 0.125. The van der Waals surface area contributed by atoms with Crippen molar-refractivity contribution in [3.05, 3.63) is 29.8 Å². The molecule has 0 aromatic carbocycles. The number of nitrogens with one attached hydrogen (secondary N) is 1. The van der Waals surface area contributed by atoms with Crippen LogP contribution >= 0.6 is 0 Å². The average Bonchev–Trinajstić information content (AvgIpc) is 2.96. The second-order valence-electron chi connectivity index (χ2n) is 5.60. The molecule has 0 spiro atoms. The summed E-state index contributed by atoms with van der Waals surface area (Å²) in [7, 11) is 4.06. The number of hydrogen-bond acceptors (Lipinski definition) is 4. The summed E-state index contributed by atoms with van der Waals surface area (Å²) in [5.41, 5.74) is 0.887. The van der Waals surface area contributed by atoms with Crippen molar-refractivity contribution in [1.29, 1.82) is 0 Å². The maximum atomic E-state index is 13.0. The van der Waals surface area contributed by atoms with Gasteiger partial charge >= 0.3 is 0 Å². The fourth-order valence-electron chi connectivity index (χ4n) is 2.87. The lowest BCUT2D eigenvalue weighted by atomic mass is 9.97. The largest absolute Gasteiger partial charge is 0.380 e. The van der Waals surface area contributed by atoms with Crippen LogP contribution in [0.25, 0.3) is 0 Å². The highest BCUT2D eigenvalue weighted by Gasteiger charge is 2.25. The third-order valence-corrected chi connectivity index (χ3v) is 4.05. The molecule has 5 heteroatoms. The number of pyridine rings is 1. The van der Waals surface area contributed by atoms with E-state index in [4.69, 9.17) is 4.74 Å². The Bertz CT molecular complexity index is 406. The molecule has 2 heterocycles. The summed E-state index contributed by atoms with van der Waals surface area (Å²) in [6.07, 6.45) is 2.38. The molecule has 1 fully saturated rings. The summed E-state index contributed by atoms with van der Waals surface area (Å²) in [5, 5.41) is 3.29. The van der Waals surface area contributed by atoms with E-state index in [0.717, 1.165) is 31.9 Å². The highest BCUT2D eigenvalue weighted by molar-refractivity contribution is 5.11. The van der Waals surface area contributed by atoms with Crippen molar-refractivity contribution in [2.24, 2.45) is 5.92 Å². The van der Waals surface area contributed by atoms with Gasteiger partial charge in [-0.25, -0.2) is 4.39 Å². The zero-order valence-electron chi connectivity index (χ0n) is 12.5. The first-order valence-corrected chi connectivity index (χ1v) is 7.18. The molecule has 1 N–H and O–H groups in total. The van der Waals surface area contributed by atoms with Crippen LogP contribution in [0.2, 0.25) is 0 Å². The standard InChI is InChI=1S/C15H24FN3O/c1-11(9-19(3)13-6-7-20-10-13)15(17-2)14-5-4-12(16)8-18-14/h4-5,8,11,13,15,17H,6-7,9-10H2,1-3H3. The Hall–Kier alpha value is -1.04. The van der Waals surface area contributed by atoms with Gasteiger partial charge in [-0.3, -0.25) is 4.98 Å². The molecule has 1 saturated heterocycles. The van der Waals surface area contributed by atoms with Gasteiger partial charge in [0.15, 0.2) is 0 Å². The molecule has 1 aliphatic heterocycles. The monoisotopic (exact) mass is 281 g/mol. The van der Waals surface area contributed by atoms with Gasteiger partial charge in [0.2, 0.25) is 0 Å². The molecule has 1 aromatic rings. The normalized spacial score (nSPS) is 22.1. The Kier molecular flexibility index (Phi) is 5.46. The molecule has 0 saturated carbocycles. The Morgan fingerprint density at radius 2 is 2.35 bits per heavy atom. The topological polar surface area (TPSA) is 37.4 Å². The van der Waals surface area contributed by atoms with Gasteiger partial charge in [-0.15, -0.1) is 0 Å². The van der Waals surface area contributed by atoms with Crippen LogP contribution in [-0.2, 0) is 4.74 Å². The van der Waals surface area contributed by atoms with Gasteiger partial charge in [-0.1, -0.05) is 6.92 Å².